The van der Waals surface area contributed by atoms with Gasteiger partial charge in [-0.2, -0.15) is 5.10 Å². The number of alkyl halides is 3. The van der Waals surface area contributed by atoms with E-state index in [9.17, 15) is 18.0 Å². The molecule has 3 rings (SSSR count). The lowest BCUT2D eigenvalue weighted by atomic mass is 10.0. The van der Waals surface area contributed by atoms with E-state index in [-0.39, 0.29) is 18.2 Å². The number of hydrogen-bond acceptors (Lipinski definition) is 4. The molecule has 8 heteroatoms. The second kappa shape index (κ2) is 7.37. The topological polar surface area (TPSA) is 41.9 Å². The van der Waals surface area contributed by atoms with Gasteiger partial charge in [0.25, 0.3) is 0 Å². The first-order valence-corrected chi connectivity index (χ1v) is 8.15. The second-order valence-electron chi connectivity index (χ2n) is 5.70. The number of anilines is 1. The molecule has 2 aromatic carbocycles. The van der Waals surface area contributed by atoms with Crippen molar-refractivity contribution in [3.05, 3.63) is 59.1 Å². The Balaban J connectivity index is 1.85. The monoisotopic (exact) mass is 382 g/mol. The molecule has 1 aliphatic heterocycles. The van der Waals surface area contributed by atoms with Gasteiger partial charge >= 0.3 is 6.36 Å². The maximum Gasteiger partial charge on any atom is 0.573 e. The molecule has 26 heavy (non-hydrogen) atoms. The molecule has 1 unspecified atom stereocenters. The summed E-state index contributed by atoms with van der Waals surface area (Å²) in [7, 11) is 0. The van der Waals surface area contributed by atoms with E-state index in [1.165, 1.54) is 24.3 Å². The standard InChI is InChI=1S/C18H14ClF3N2O2/c19-13-3-1-12(2-4-13)17-11-15(9-10-25)24(23-17)14-5-7-16(8-6-14)26-18(20,21)22/h1-8,10,15H,9,11H2. The van der Waals surface area contributed by atoms with E-state index >= 15 is 0 Å². The van der Waals surface area contributed by atoms with Gasteiger partial charge in [-0.05, 0) is 42.0 Å². The number of nitrogens with zero attached hydrogens (tertiary/aromatic N) is 2. The molecule has 136 valence electrons. The van der Waals surface area contributed by atoms with Gasteiger partial charge in [-0.15, -0.1) is 13.2 Å². The van der Waals surface area contributed by atoms with Crippen LogP contribution in [0.1, 0.15) is 18.4 Å². The second-order valence-corrected chi connectivity index (χ2v) is 6.14. The minimum Gasteiger partial charge on any atom is -0.406 e. The summed E-state index contributed by atoms with van der Waals surface area (Å²) >= 11 is 5.89. The van der Waals surface area contributed by atoms with Crippen molar-refractivity contribution < 1.29 is 22.7 Å². The van der Waals surface area contributed by atoms with E-state index in [0.717, 1.165) is 17.6 Å². The van der Waals surface area contributed by atoms with Crippen molar-refractivity contribution in [3.63, 3.8) is 0 Å². The van der Waals surface area contributed by atoms with Crippen molar-refractivity contribution in [2.45, 2.75) is 25.2 Å². The molecule has 4 nitrogen and oxygen atoms in total. The highest BCUT2D eigenvalue weighted by Crippen LogP contribution is 2.31. The highest BCUT2D eigenvalue weighted by Gasteiger charge is 2.32. The average molecular weight is 383 g/mol. The average Bonchev–Trinajstić information content (AvgIpc) is 2.99. The van der Waals surface area contributed by atoms with E-state index in [0.29, 0.717) is 17.1 Å². The summed E-state index contributed by atoms with van der Waals surface area (Å²) in [6, 6.07) is 12.4. The number of aldehydes is 1. The van der Waals surface area contributed by atoms with Crippen LogP contribution >= 0.6 is 11.6 Å². The number of benzene rings is 2. The number of hydrazone groups is 1. The normalized spacial score (nSPS) is 17.2. The van der Waals surface area contributed by atoms with Crippen LogP contribution in [0.2, 0.25) is 5.02 Å². The summed E-state index contributed by atoms with van der Waals surface area (Å²) in [5.74, 6) is -0.311. The van der Waals surface area contributed by atoms with Gasteiger partial charge in [0.05, 0.1) is 17.4 Å². The zero-order chi connectivity index (χ0) is 18.7. The number of carbonyl (C=O) groups excluding carboxylic acids is 1. The van der Waals surface area contributed by atoms with Crippen molar-refractivity contribution in [2.24, 2.45) is 5.10 Å². The van der Waals surface area contributed by atoms with Crippen molar-refractivity contribution in [3.8, 4) is 5.75 Å². The molecule has 0 spiro atoms. The molecular formula is C18H14ClF3N2O2. The maximum atomic E-state index is 12.3. The molecule has 0 aromatic heterocycles. The SMILES string of the molecule is O=CCC1CC(c2ccc(Cl)cc2)=NN1c1ccc(OC(F)(F)F)cc1. The van der Waals surface area contributed by atoms with Crippen LogP contribution in [0.25, 0.3) is 0 Å². The Labute approximate surface area is 152 Å². The number of halogens is 4. The minimum absolute atomic E-state index is 0.201. The highest BCUT2D eigenvalue weighted by atomic mass is 35.5. The molecule has 0 fully saturated rings. The molecule has 1 aliphatic rings. The van der Waals surface area contributed by atoms with Crippen molar-refractivity contribution in [2.75, 3.05) is 5.01 Å². The van der Waals surface area contributed by atoms with Gasteiger partial charge in [0, 0.05) is 17.9 Å². The number of carbonyl (C=O) groups is 1. The zero-order valence-corrected chi connectivity index (χ0v) is 14.2. The Hall–Kier alpha value is -2.54. The quantitative estimate of drug-likeness (QED) is 0.697. The first-order chi connectivity index (χ1) is 12.4. The third kappa shape index (κ3) is 4.35. The van der Waals surface area contributed by atoms with E-state index in [1.807, 2.05) is 12.1 Å². The van der Waals surface area contributed by atoms with E-state index in [4.69, 9.17) is 11.6 Å². The van der Waals surface area contributed by atoms with Crippen LogP contribution in [0.15, 0.2) is 53.6 Å². The van der Waals surface area contributed by atoms with Crippen LogP contribution in [0.3, 0.4) is 0 Å². The lowest BCUT2D eigenvalue weighted by Crippen LogP contribution is -2.26. The molecule has 2 aromatic rings. The number of rotatable bonds is 5. The Morgan fingerprint density at radius 1 is 1.15 bits per heavy atom. The van der Waals surface area contributed by atoms with Crippen LogP contribution < -0.4 is 9.75 Å². The summed E-state index contributed by atoms with van der Waals surface area (Å²) in [4.78, 5) is 11.0. The summed E-state index contributed by atoms with van der Waals surface area (Å²) in [5, 5.41) is 6.80. The fraction of sp³-hybridized carbons (Fsp3) is 0.222. The highest BCUT2D eigenvalue weighted by molar-refractivity contribution is 6.30. The minimum atomic E-state index is -4.74. The first kappa shape index (κ1) is 18.3. The summed E-state index contributed by atoms with van der Waals surface area (Å²) in [6.45, 7) is 0. The zero-order valence-electron chi connectivity index (χ0n) is 13.4. The fourth-order valence-electron chi connectivity index (χ4n) is 2.74. The Morgan fingerprint density at radius 2 is 1.81 bits per heavy atom. The molecular weight excluding hydrogens is 369 g/mol. The Bertz CT molecular complexity index is 805. The molecule has 0 saturated carbocycles. The summed E-state index contributed by atoms with van der Waals surface area (Å²) in [6.07, 6.45) is -3.14. The van der Waals surface area contributed by atoms with Gasteiger partial charge in [0.2, 0.25) is 0 Å². The Kier molecular flexibility index (Phi) is 5.18. The van der Waals surface area contributed by atoms with Crippen molar-refractivity contribution in [1.82, 2.24) is 0 Å². The molecule has 0 radical (unpaired) electrons. The molecule has 0 saturated heterocycles. The molecule has 0 bridgehead atoms. The number of hydrogen-bond donors (Lipinski definition) is 0. The van der Waals surface area contributed by atoms with Crippen LogP contribution in [0, 0.1) is 0 Å². The van der Waals surface area contributed by atoms with Crippen LogP contribution in [-0.2, 0) is 4.79 Å². The van der Waals surface area contributed by atoms with Gasteiger partial charge in [-0.3, -0.25) is 5.01 Å². The van der Waals surface area contributed by atoms with Gasteiger partial charge in [0.1, 0.15) is 12.0 Å². The maximum absolute atomic E-state index is 12.3. The van der Waals surface area contributed by atoms with Gasteiger partial charge in [-0.25, -0.2) is 0 Å². The lowest BCUT2D eigenvalue weighted by Gasteiger charge is -2.22. The van der Waals surface area contributed by atoms with Crippen molar-refractivity contribution in [1.29, 1.82) is 0 Å². The first-order valence-electron chi connectivity index (χ1n) is 7.78. The summed E-state index contributed by atoms with van der Waals surface area (Å²) < 4.78 is 40.7. The molecule has 0 N–H and O–H groups in total. The van der Waals surface area contributed by atoms with Gasteiger partial charge < -0.3 is 9.53 Å². The van der Waals surface area contributed by atoms with E-state index in [1.54, 1.807) is 17.1 Å². The van der Waals surface area contributed by atoms with E-state index < -0.39 is 6.36 Å². The largest absolute Gasteiger partial charge is 0.573 e. The third-order valence-corrected chi connectivity index (χ3v) is 4.14. The smallest absolute Gasteiger partial charge is 0.406 e. The van der Waals surface area contributed by atoms with Crippen molar-refractivity contribution >= 4 is 29.3 Å². The Morgan fingerprint density at radius 3 is 2.38 bits per heavy atom. The van der Waals surface area contributed by atoms with Crippen LogP contribution in [0.5, 0.6) is 5.75 Å². The molecule has 0 amide bonds. The predicted molar refractivity (Wildman–Crippen MR) is 92.7 cm³/mol. The lowest BCUT2D eigenvalue weighted by molar-refractivity contribution is -0.274. The van der Waals surface area contributed by atoms with E-state index in [2.05, 4.69) is 9.84 Å². The van der Waals surface area contributed by atoms with Crippen LogP contribution in [0.4, 0.5) is 18.9 Å². The van der Waals surface area contributed by atoms with Crippen LogP contribution in [-0.4, -0.2) is 24.4 Å². The predicted octanol–water partition coefficient (Wildman–Crippen LogP) is 4.81. The molecule has 0 aliphatic carbocycles. The number of ether oxygens (including phenoxy) is 1. The van der Waals surface area contributed by atoms with Gasteiger partial charge in [-0.1, -0.05) is 23.7 Å². The fourth-order valence-corrected chi connectivity index (χ4v) is 2.87. The van der Waals surface area contributed by atoms with Gasteiger partial charge in [0.15, 0.2) is 0 Å². The molecule has 1 heterocycles. The molecule has 1 atom stereocenters. The third-order valence-electron chi connectivity index (χ3n) is 3.88. The summed E-state index contributed by atoms with van der Waals surface area (Å²) in [5.41, 5.74) is 2.24.